The maximum Gasteiger partial charge on any atom is 0.281 e. The van der Waals surface area contributed by atoms with Crippen LogP contribution >= 0.6 is 0 Å². The lowest BCUT2D eigenvalue weighted by atomic mass is 10.0. The Morgan fingerprint density at radius 1 is 0.893 bits per heavy atom. The summed E-state index contributed by atoms with van der Waals surface area (Å²) in [5.74, 6) is -0.339. The van der Waals surface area contributed by atoms with Crippen molar-refractivity contribution in [3.63, 3.8) is 0 Å². The van der Waals surface area contributed by atoms with Crippen molar-refractivity contribution in [2.75, 3.05) is 5.32 Å². The molecule has 0 saturated carbocycles. The van der Waals surface area contributed by atoms with Crippen molar-refractivity contribution < 1.29 is 4.79 Å². The number of carbonyl (C=O) groups excluding carboxylic acids is 1. The predicted molar refractivity (Wildman–Crippen MR) is 111 cm³/mol. The molecular weight excluding hydrogens is 350 g/mol. The van der Waals surface area contributed by atoms with Gasteiger partial charge in [-0.25, -0.2) is 4.98 Å². The van der Waals surface area contributed by atoms with Gasteiger partial charge in [0.2, 0.25) is 0 Å². The summed E-state index contributed by atoms with van der Waals surface area (Å²) < 4.78 is 1.45. The lowest BCUT2D eigenvalue weighted by Crippen LogP contribution is -2.25. The molecule has 0 fully saturated rings. The molecule has 0 aliphatic rings. The number of fused-ring (bicyclic) bond motifs is 1. The average Bonchev–Trinajstić information content (AvgIpc) is 2.72. The van der Waals surface area contributed by atoms with Crippen LogP contribution in [0.4, 0.5) is 5.69 Å². The van der Waals surface area contributed by atoms with Crippen LogP contribution in [0.15, 0.2) is 77.7 Å². The Labute approximate surface area is 162 Å². The zero-order valence-corrected chi connectivity index (χ0v) is 15.6. The number of hydrogen-bond acceptors (Lipinski definition) is 3. The van der Waals surface area contributed by atoms with Gasteiger partial charge in [0.05, 0.1) is 5.69 Å². The van der Waals surface area contributed by atoms with Crippen LogP contribution < -0.4 is 10.9 Å². The third kappa shape index (κ3) is 3.18. The molecule has 4 aromatic rings. The van der Waals surface area contributed by atoms with E-state index >= 15 is 0 Å². The van der Waals surface area contributed by atoms with Crippen LogP contribution in [0.1, 0.15) is 21.6 Å². The molecular formula is C23H19N3O2. The van der Waals surface area contributed by atoms with Crippen molar-refractivity contribution >= 4 is 17.2 Å². The Balaban J connectivity index is 1.65. The number of amides is 1. The number of nitrogens with zero attached hydrogens (tertiary/aromatic N) is 2. The molecule has 5 heteroatoms. The molecule has 1 N–H and O–H groups in total. The molecule has 2 heterocycles. The van der Waals surface area contributed by atoms with Crippen LogP contribution in [-0.2, 0) is 0 Å². The van der Waals surface area contributed by atoms with Crippen molar-refractivity contribution in [1.82, 2.24) is 9.38 Å². The lowest BCUT2D eigenvalue weighted by Gasteiger charge is -2.11. The van der Waals surface area contributed by atoms with Gasteiger partial charge in [-0.05, 0) is 48.7 Å². The molecule has 0 bridgehead atoms. The minimum atomic E-state index is -0.339. The van der Waals surface area contributed by atoms with Crippen LogP contribution in [-0.4, -0.2) is 15.3 Å². The number of aromatic nitrogens is 2. The second-order valence-electron chi connectivity index (χ2n) is 6.66. The maximum atomic E-state index is 12.8. The van der Waals surface area contributed by atoms with Gasteiger partial charge in [-0.3, -0.25) is 14.0 Å². The van der Waals surface area contributed by atoms with E-state index in [-0.39, 0.29) is 17.2 Å². The molecule has 2 aromatic heterocycles. The van der Waals surface area contributed by atoms with Gasteiger partial charge in [0.25, 0.3) is 11.5 Å². The molecule has 1 amide bonds. The molecule has 138 valence electrons. The Morgan fingerprint density at radius 2 is 1.57 bits per heavy atom. The van der Waals surface area contributed by atoms with Gasteiger partial charge in [-0.1, -0.05) is 48.5 Å². The molecule has 28 heavy (non-hydrogen) atoms. The SMILES string of the molecule is Cc1nc2c(C)cccn2c(=O)c1NC(=O)c1ccc(-c2ccccc2)cc1. The maximum absolute atomic E-state index is 12.8. The van der Waals surface area contributed by atoms with Crippen LogP contribution in [0.2, 0.25) is 0 Å². The highest BCUT2D eigenvalue weighted by molar-refractivity contribution is 6.04. The van der Waals surface area contributed by atoms with E-state index in [1.54, 1.807) is 31.3 Å². The number of rotatable bonds is 3. The van der Waals surface area contributed by atoms with E-state index in [4.69, 9.17) is 0 Å². The number of benzene rings is 2. The number of nitrogens with one attached hydrogen (secondary N) is 1. The Bertz CT molecular complexity index is 1230. The van der Waals surface area contributed by atoms with Crippen molar-refractivity contribution in [3.8, 4) is 11.1 Å². The molecule has 0 unspecified atom stereocenters. The van der Waals surface area contributed by atoms with Gasteiger partial charge in [-0.15, -0.1) is 0 Å². The topological polar surface area (TPSA) is 63.5 Å². The Kier molecular flexibility index (Phi) is 4.49. The molecule has 0 atom stereocenters. The lowest BCUT2D eigenvalue weighted by molar-refractivity contribution is 0.102. The van der Waals surface area contributed by atoms with Gasteiger partial charge < -0.3 is 5.32 Å². The highest BCUT2D eigenvalue weighted by Gasteiger charge is 2.15. The standard InChI is InChI=1S/C23H19N3O2/c1-15-7-6-14-26-21(15)24-16(2)20(23(26)28)25-22(27)19-12-10-18(11-13-19)17-8-4-3-5-9-17/h3-14H,1-2H3,(H,25,27). The van der Waals surface area contributed by atoms with Crippen LogP contribution in [0, 0.1) is 13.8 Å². The number of aryl methyl sites for hydroxylation is 2. The van der Waals surface area contributed by atoms with E-state index < -0.39 is 0 Å². The summed E-state index contributed by atoms with van der Waals surface area (Å²) in [7, 11) is 0. The van der Waals surface area contributed by atoms with E-state index in [0.29, 0.717) is 16.9 Å². The Morgan fingerprint density at radius 3 is 2.29 bits per heavy atom. The van der Waals surface area contributed by atoms with Crippen LogP contribution in [0.3, 0.4) is 0 Å². The fourth-order valence-corrected chi connectivity index (χ4v) is 3.18. The van der Waals surface area contributed by atoms with Crippen molar-refractivity contribution in [3.05, 3.63) is 100 Å². The molecule has 0 saturated heterocycles. The first kappa shape index (κ1) is 17.7. The van der Waals surface area contributed by atoms with Crippen LogP contribution in [0.25, 0.3) is 16.8 Å². The third-order valence-electron chi connectivity index (χ3n) is 4.72. The summed E-state index contributed by atoms with van der Waals surface area (Å²) in [5, 5.41) is 2.73. The van der Waals surface area contributed by atoms with Gasteiger partial charge >= 0.3 is 0 Å². The minimum Gasteiger partial charge on any atom is -0.316 e. The minimum absolute atomic E-state index is 0.195. The summed E-state index contributed by atoms with van der Waals surface area (Å²) >= 11 is 0. The monoisotopic (exact) mass is 369 g/mol. The number of carbonyl (C=O) groups is 1. The summed E-state index contributed by atoms with van der Waals surface area (Å²) in [4.78, 5) is 30.0. The summed E-state index contributed by atoms with van der Waals surface area (Å²) in [5.41, 5.74) is 4.48. The van der Waals surface area contributed by atoms with E-state index in [1.807, 2.05) is 55.5 Å². The quantitative estimate of drug-likeness (QED) is 0.588. The normalized spacial score (nSPS) is 10.8. The first-order valence-corrected chi connectivity index (χ1v) is 9.00. The van der Waals surface area contributed by atoms with Gasteiger partial charge in [0.1, 0.15) is 11.3 Å². The first-order chi connectivity index (χ1) is 13.5. The molecule has 5 nitrogen and oxygen atoms in total. The van der Waals surface area contributed by atoms with Crippen LogP contribution in [0.5, 0.6) is 0 Å². The van der Waals surface area contributed by atoms with Gasteiger partial charge in [-0.2, -0.15) is 0 Å². The second-order valence-corrected chi connectivity index (χ2v) is 6.66. The van der Waals surface area contributed by atoms with E-state index in [0.717, 1.165) is 16.7 Å². The fourth-order valence-electron chi connectivity index (χ4n) is 3.18. The van der Waals surface area contributed by atoms with Gasteiger partial charge in [0, 0.05) is 11.8 Å². The third-order valence-corrected chi connectivity index (χ3v) is 4.72. The van der Waals surface area contributed by atoms with E-state index in [1.165, 1.54) is 4.40 Å². The first-order valence-electron chi connectivity index (χ1n) is 9.00. The highest BCUT2D eigenvalue weighted by atomic mass is 16.2. The highest BCUT2D eigenvalue weighted by Crippen LogP contribution is 2.20. The summed E-state index contributed by atoms with van der Waals surface area (Å²) in [6.07, 6.45) is 1.65. The average molecular weight is 369 g/mol. The van der Waals surface area contributed by atoms with E-state index in [2.05, 4.69) is 10.3 Å². The smallest absolute Gasteiger partial charge is 0.281 e. The molecule has 0 aliphatic carbocycles. The van der Waals surface area contributed by atoms with Crippen molar-refractivity contribution in [2.24, 2.45) is 0 Å². The second kappa shape index (κ2) is 7.12. The van der Waals surface area contributed by atoms with Crippen molar-refractivity contribution in [1.29, 1.82) is 0 Å². The zero-order valence-electron chi connectivity index (χ0n) is 15.6. The summed E-state index contributed by atoms with van der Waals surface area (Å²) in [6, 6.07) is 20.9. The molecule has 0 aliphatic heterocycles. The Hall–Kier alpha value is -3.73. The number of pyridine rings is 1. The number of anilines is 1. The number of hydrogen-bond donors (Lipinski definition) is 1. The summed E-state index contributed by atoms with van der Waals surface area (Å²) in [6.45, 7) is 3.62. The fraction of sp³-hybridized carbons (Fsp3) is 0.0870. The molecule has 4 rings (SSSR count). The zero-order chi connectivity index (χ0) is 19.7. The largest absolute Gasteiger partial charge is 0.316 e. The molecule has 0 spiro atoms. The van der Waals surface area contributed by atoms with Crippen molar-refractivity contribution in [2.45, 2.75) is 13.8 Å². The molecule has 2 aromatic carbocycles. The predicted octanol–water partition coefficient (Wildman–Crippen LogP) is 4.23. The van der Waals surface area contributed by atoms with Gasteiger partial charge in [0.15, 0.2) is 0 Å². The molecule has 0 radical (unpaired) electrons. The van der Waals surface area contributed by atoms with E-state index in [9.17, 15) is 9.59 Å².